The Morgan fingerprint density at radius 2 is 1.95 bits per heavy atom. The zero-order chi connectivity index (χ0) is 15.1. The summed E-state index contributed by atoms with van der Waals surface area (Å²) in [7, 11) is 1.69. The van der Waals surface area contributed by atoms with Gasteiger partial charge in [0.1, 0.15) is 0 Å². The van der Waals surface area contributed by atoms with Gasteiger partial charge in [0.05, 0.1) is 26.8 Å². The van der Waals surface area contributed by atoms with Crippen molar-refractivity contribution in [2.45, 2.75) is 32.4 Å². The van der Waals surface area contributed by atoms with Gasteiger partial charge in [-0.2, -0.15) is 0 Å². The lowest BCUT2D eigenvalue weighted by atomic mass is 9.64. The van der Waals surface area contributed by atoms with E-state index in [1.54, 1.807) is 7.11 Å². The van der Waals surface area contributed by atoms with Gasteiger partial charge in [-0.1, -0.05) is 37.0 Å². The monoisotopic (exact) mass is 318 g/mol. The number of nitrogens with zero attached hydrogens (tertiary/aromatic N) is 1. The lowest BCUT2D eigenvalue weighted by Crippen LogP contribution is -2.57. The summed E-state index contributed by atoms with van der Waals surface area (Å²) in [6, 6.07) is 2.76. The number of halogens is 2. The van der Waals surface area contributed by atoms with Crippen LogP contribution in [0.1, 0.15) is 20.3 Å². The van der Waals surface area contributed by atoms with Crippen molar-refractivity contribution < 1.29 is 9.66 Å². The summed E-state index contributed by atoms with van der Waals surface area (Å²) >= 11 is 12.2. The van der Waals surface area contributed by atoms with Gasteiger partial charge in [-0.3, -0.25) is 10.1 Å². The molecule has 1 aliphatic carbocycles. The van der Waals surface area contributed by atoms with Crippen molar-refractivity contribution in [2.24, 2.45) is 5.41 Å². The number of benzene rings is 1. The molecule has 1 N–H and O–H groups in total. The first-order valence-corrected chi connectivity index (χ1v) is 6.95. The van der Waals surface area contributed by atoms with E-state index in [9.17, 15) is 10.1 Å². The van der Waals surface area contributed by atoms with Crippen LogP contribution in [0.3, 0.4) is 0 Å². The first-order chi connectivity index (χ1) is 9.27. The molecule has 7 heteroatoms. The van der Waals surface area contributed by atoms with Gasteiger partial charge >= 0.3 is 0 Å². The predicted molar refractivity (Wildman–Crippen MR) is 79.7 cm³/mol. The van der Waals surface area contributed by atoms with E-state index in [4.69, 9.17) is 27.9 Å². The van der Waals surface area contributed by atoms with Crippen molar-refractivity contribution in [3.63, 3.8) is 0 Å². The standard InChI is InChI=1S/C13H16Cl2N2O3/c1-13(2)10(6-11(13)20-3)16-12-8(14)4-7(17(18)19)5-9(12)15/h4-5,10-11,16H,6H2,1-3H3. The average Bonchev–Trinajstić information content (AvgIpc) is 2.35. The summed E-state index contributed by atoms with van der Waals surface area (Å²) in [5.41, 5.74) is 0.364. The van der Waals surface area contributed by atoms with Crippen molar-refractivity contribution in [1.82, 2.24) is 0 Å². The molecule has 1 aliphatic rings. The van der Waals surface area contributed by atoms with Gasteiger partial charge < -0.3 is 10.1 Å². The number of nitro groups is 1. The molecule has 0 bridgehead atoms. The van der Waals surface area contributed by atoms with Gasteiger partial charge in [0.25, 0.3) is 5.69 Å². The number of anilines is 1. The van der Waals surface area contributed by atoms with Crippen LogP contribution in [-0.4, -0.2) is 24.2 Å². The van der Waals surface area contributed by atoms with Gasteiger partial charge in [0, 0.05) is 30.7 Å². The average molecular weight is 319 g/mol. The molecular weight excluding hydrogens is 303 g/mol. The van der Waals surface area contributed by atoms with E-state index in [0.29, 0.717) is 5.69 Å². The SMILES string of the molecule is COC1CC(Nc2c(Cl)cc([N+](=O)[O-])cc2Cl)C1(C)C. The second kappa shape index (κ2) is 5.39. The van der Waals surface area contributed by atoms with Crippen LogP contribution >= 0.6 is 23.2 Å². The van der Waals surface area contributed by atoms with Crippen LogP contribution in [0.25, 0.3) is 0 Å². The molecule has 0 aromatic heterocycles. The van der Waals surface area contributed by atoms with Crippen molar-refractivity contribution >= 4 is 34.6 Å². The Morgan fingerprint density at radius 1 is 1.40 bits per heavy atom. The number of nitrogens with one attached hydrogen (secondary N) is 1. The fourth-order valence-corrected chi connectivity index (χ4v) is 3.09. The summed E-state index contributed by atoms with van der Waals surface area (Å²) < 4.78 is 5.39. The Morgan fingerprint density at radius 3 is 2.35 bits per heavy atom. The topological polar surface area (TPSA) is 64.4 Å². The molecule has 0 aliphatic heterocycles. The molecule has 1 aromatic rings. The summed E-state index contributed by atoms with van der Waals surface area (Å²) in [5, 5.41) is 14.5. The quantitative estimate of drug-likeness (QED) is 0.669. The third-order valence-electron chi connectivity index (χ3n) is 4.02. The second-order valence-electron chi connectivity index (χ2n) is 5.52. The molecule has 2 atom stereocenters. The largest absolute Gasteiger partial charge is 0.381 e. The van der Waals surface area contributed by atoms with Gasteiger partial charge in [-0.25, -0.2) is 0 Å². The van der Waals surface area contributed by atoms with E-state index in [-0.39, 0.29) is 33.3 Å². The zero-order valence-electron chi connectivity index (χ0n) is 11.4. The maximum Gasteiger partial charge on any atom is 0.272 e. The highest BCUT2D eigenvalue weighted by molar-refractivity contribution is 6.39. The Labute approximate surface area is 127 Å². The van der Waals surface area contributed by atoms with Crippen LogP contribution in [0, 0.1) is 15.5 Å². The Kier molecular flexibility index (Phi) is 4.14. The Hall–Kier alpha value is -1.04. The van der Waals surface area contributed by atoms with Crippen LogP contribution in [0.5, 0.6) is 0 Å². The maximum absolute atomic E-state index is 10.7. The second-order valence-corrected chi connectivity index (χ2v) is 6.33. The fourth-order valence-electron chi connectivity index (χ4n) is 2.51. The van der Waals surface area contributed by atoms with Gasteiger partial charge in [0.15, 0.2) is 0 Å². The first-order valence-electron chi connectivity index (χ1n) is 6.20. The van der Waals surface area contributed by atoms with Gasteiger partial charge in [-0.15, -0.1) is 0 Å². The highest BCUT2D eigenvalue weighted by Gasteiger charge is 2.48. The van der Waals surface area contributed by atoms with E-state index >= 15 is 0 Å². The highest BCUT2D eigenvalue weighted by Crippen LogP contribution is 2.46. The first kappa shape index (κ1) is 15.4. The predicted octanol–water partition coefficient (Wildman–Crippen LogP) is 4.13. The minimum absolute atomic E-state index is 0.0524. The molecule has 0 radical (unpaired) electrons. The normalized spacial score (nSPS) is 24.1. The molecule has 0 spiro atoms. The van der Waals surface area contributed by atoms with E-state index in [0.717, 1.165) is 6.42 Å². The molecule has 0 saturated heterocycles. The smallest absolute Gasteiger partial charge is 0.272 e. The van der Waals surface area contributed by atoms with Crippen LogP contribution in [0.15, 0.2) is 12.1 Å². The molecule has 1 fully saturated rings. The third-order valence-corrected chi connectivity index (χ3v) is 4.61. The zero-order valence-corrected chi connectivity index (χ0v) is 13.0. The number of nitro benzene ring substituents is 1. The molecule has 1 aromatic carbocycles. The maximum atomic E-state index is 10.7. The number of ether oxygens (including phenoxy) is 1. The van der Waals surface area contributed by atoms with Gasteiger partial charge in [0.2, 0.25) is 0 Å². The molecule has 0 heterocycles. The molecule has 110 valence electrons. The lowest BCUT2D eigenvalue weighted by Gasteiger charge is -2.51. The molecule has 1 saturated carbocycles. The van der Waals surface area contributed by atoms with Crippen molar-refractivity contribution in [3.8, 4) is 0 Å². The molecule has 0 amide bonds. The number of rotatable bonds is 4. The molecule has 20 heavy (non-hydrogen) atoms. The van der Waals surface area contributed by atoms with E-state index in [1.807, 2.05) is 0 Å². The molecule has 2 rings (SSSR count). The molecule has 2 unspecified atom stereocenters. The summed E-state index contributed by atoms with van der Waals surface area (Å²) in [6.45, 7) is 4.19. The van der Waals surface area contributed by atoms with E-state index in [1.165, 1.54) is 12.1 Å². The Bertz CT molecular complexity index is 525. The number of methoxy groups -OCH3 is 1. The summed E-state index contributed by atoms with van der Waals surface area (Å²) in [4.78, 5) is 10.2. The van der Waals surface area contributed by atoms with Crippen LogP contribution in [-0.2, 0) is 4.74 Å². The Balaban J connectivity index is 2.21. The summed E-state index contributed by atoms with van der Waals surface area (Å²) in [5.74, 6) is 0. The lowest BCUT2D eigenvalue weighted by molar-refractivity contribution is -0.384. The fraction of sp³-hybridized carbons (Fsp3) is 0.538. The third kappa shape index (κ3) is 2.57. The molecular formula is C13H16Cl2N2O3. The van der Waals surface area contributed by atoms with Crippen LogP contribution < -0.4 is 5.32 Å². The molecule has 5 nitrogen and oxygen atoms in total. The number of hydrogen-bond acceptors (Lipinski definition) is 4. The van der Waals surface area contributed by atoms with Crippen molar-refractivity contribution in [2.75, 3.05) is 12.4 Å². The van der Waals surface area contributed by atoms with Gasteiger partial charge in [-0.05, 0) is 6.42 Å². The minimum atomic E-state index is -0.518. The van der Waals surface area contributed by atoms with Crippen LogP contribution in [0.2, 0.25) is 10.0 Å². The minimum Gasteiger partial charge on any atom is -0.381 e. The highest BCUT2D eigenvalue weighted by atomic mass is 35.5. The van der Waals surface area contributed by atoms with Crippen molar-refractivity contribution in [1.29, 1.82) is 0 Å². The number of hydrogen-bond donors (Lipinski definition) is 1. The number of non-ortho nitro benzene ring substituents is 1. The van der Waals surface area contributed by atoms with E-state index in [2.05, 4.69) is 19.2 Å². The van der Waals surface area contributed by atoms with E-state index < -0.39 is 4.92 Å². The van der Waals surface area contributed by atoms with Crippen LogP contribution in [0.4, 0.5) is 11.4 Å². The summed E-state index contributed by atoms with van der Waals surface area (Å²) in [6.07, 6.45) is 1.02. The van der Waals surface area contributed by atoms with Crippen molar-refractivity contribution in [3.05, 3.63) is 32.3 Å².